The summed E-state index contributed by atoms with van der Waals surface area (Å²) in [7, 11) is 0. The first-order valence-corrected chi connectivity index (χ1v) is 9.36. The van der Waals surface area contributed by atoms with Crippen LogP contribution in [0, 0.1) is 13.8 Å². The van der Waals surface area contributed by atoms with Crippen molar-refractivity contribution in [1.29, 1.82) is 0 Å². The third kappa shape index (κ3) is 3.60. The molecule has 2 aromatic rings. The van der Waals surface area contributed by atoms with Gasteiger partial charge in [0.2, 0.25) is 5.95 Å². The lowest BCUT2D eigenvalue weighted by Gasteiger charge is -2.38. The Kier molecular flexibility index (Phi) is 5.61. The third-order valence-electron chi connectivity index (χ3n) is 4.83. The summed E-state index contributed by atoms with van der Waals surface area (Å²) in [6, 6.07) is 7.99. The van der Waals surface area contributed by atoms with Crippen LogP contribution in [-0.2, 0) is 6.67 Å². The number of aryl methyl sites for hydroxylation is 1. The molecule has 1 aliphatic heterocycles. The normalized spacial score (nSPS) is 14.4. The van der Waals surface area contributed by atoms with Crippen LogP contribution in [0.3, 0.4) is 0 Å². The number of rotatable bonds is 6. The number of aromatic nitrogens is 2. The zero-order valence-corrected chi connectivity index (χ0v) is 16.2. The lowest BCUT2D eigenvalue weighted by molar-refractivity contribution is 0.195. The highest BCUT2D eigenvalue weighted by Crippen LogP contribution is 2.29. The fraction of sp³-hybridized carbons (Fsp3) is 0.500. The maximum absolute atomic E-state index is 12.8. The molecule has 140 valence electrons. The molecule has 0 atom stereocenters. The quantitative estimate of drug-likeness (QED) is 0.794. The number of unbranched alkanes of at least 4 members (excludes halogenated alkanes) is 1. The van der Waals surface area contributed by atoms with Crippen molar-refractivity contribution in [2.24, 2.45) is 0 Å². The molecule has 0 spiro atoms. The summed E-state index contributed by atoms with van der Waals surface area (Å²) >= 11 is 0. The molecule has 2 heterocycles. The molecule has 0 fully saturated rings. The smallest absolute Gasteiger partial charge is 0.259 e. The molecule has 0 radical (unpaired) electrons. The highest BCUT2D eigenvalue weighted by molar-refractivity contribution is 5.59. The van der Waals surface area contributed by atoms with Crippen LogP contribution in [0.2, 0.25) is 0 Å². The monoisotopic (exact) mass is 356 g/mol. The van der Waals surface area contributed by atoms with Crippen molar-refractivity contribution < 1.29 is 4.74 Å². The summed E-state index contributed by atoms with van der Waals surface area (Å²) in [5, 5.41) is 0. The molecule has 0 saturated heterocycles. The van der Waals surface area contributed by atoms with Gasteiger partial charge in [-0.05, 0) is 51.5 Å². The number of fused-ring (bicyclic) bond motifs is 1. The van der Waals surface area contributed by atoms with Gasteiger partial charge in [0.1, 0.15) is 5.75 Å². The molecule has 26 heavy (non-hydrogen) atoms. The van der Waals surface area contributed by atoms with E-state index in [1.54, 1.807) is 4.57 Å². The van der Waals surface area contributed by atoms with Gasteiger partial charge in [-0.2, -0.15) is 0 Å². The lowest BCUT2D eigenvalue weighted by atomic mass is 10.2. The molecule has 3 rings (SSSR count). The van der Waals surface area contributed by atoms with E-state index in [1.165, 1.54) is 0 Å². The van der Waals surface area contributed by atoms with Gasteiger partial charge in [-0.15, -0.1) is 0 Å². The van der Waals surface area contributed by atoms with Crippen molar-refractivity contribution in [3.05, 3.63) is 45.9 Å². The van der Waals surface area contributed by atoms with E-state index in [1.807, 2.05) is 45.0 Å². The number of hydrogen-bond acceptors (Lipinski definition) is 5. The minimum atomic E-state index is 0.0460. The standard InChI is InChI=1S/C20H28N4O2/c1-5-7-12-22-13-23(17-8-10-18(11-9-17)26-6-2)20-21-16(4)15(3)19(25)24(20)14-22/h8-11H,5-7,12-14H2,1-4H3. The van der Waals surface area contributed by atoms with E-state index in [0.717, 1.165) is 54.7 Å². The molecule has 0 unspecified atom stereocenters. The topological polar surface area (TPSA) is 50.6 Å². The second-order valence-electron chi connectivity index (χ2n) is 6.74. The van der Waals surface area contributed by atoms with Crippen LogP contribution in [-0.4, -0.2) is 34.3 Å². The van der Waals surface area contributed by atoms with Gasteiger partial charge in [0.05, 0.1) is 19.9 Å². The molecule has 1 aromatic heterocycles. The van der Waals surface area contributed by atoms with Gasteiger partial charge < -0.3 is 4.74 Å². The number of nitrogens with zero attached hydrogens (tertiary/aromatic N) is 4. The van der Waals surface area contributed by atoms with Crippen LogP contribution >= 0.6 is 0 Å². The van der Waals surface area contributed by atoms with Crippen molar-refractivity contribution in [2.75, 3.05) is 24.7 Å². The van der Waals surface area contributed by atoms with Gasteiger partial charge in [0.15, 0.2) is 0 Å². The Morgan fingerprint density at radius 1 is 1.12 bits per heavy atom. The summed E-state index contributed by atoms with van der Waals surface area (Å²) in [5.74, 6) is 1.57. The molecule has 1 aliphatic rings. The van der Waals surface area contributed by atoms with Crippen LogP contribution in [0.25, 0.3) is 0 Å². The maximum Gasteiger partial charge on any atom is 0.259 e. The van der Waals surface area contributed by atoms with E-state index in [-0.39, 0.29) is 5.56 Å². The summed E-state index contributed by atoms with van der Waals surface area (Å²) in [4.78, 5) is 22.0. The lowest BCUT2D eigenvalue weighted by Crippen LogP contribution is -2.48. The zero-order valence-electron chi connectivity index (χ0n) is 16.2. The SMILES string of the molecule is CCCCN1CN(c2ccc(OCC)cc2)c2nc(C)c(C)c(=O)n2C1. The molecule has 0 aliphatic carbocycles. The molecule has 0 saturated carbocycles. The summed E-state index contributed by atoms with van der Waals surface area (Å²) in [5.41, 5.74) is 2.57. The molecule has 0 bridgehead atoms. The minimum absolute atomic E-state index is 0.0460. The predicted octanol–water partition coefficient (Wildman–Crippen LogP) is 3.43. The van der Waals surface area contributed by atoms with Crippen LogP contribution in [0.5, 0.6) is 5.75 Å². The summed E-state index contributed by atoms with van der Waals surface area (Å²) in [6.45, 7) is 10.8. The molecule has 0 N–H and O–H groups in total. The second-order valence-corrected chi connectivity index (χ2v) is 6.74. The van der Waals surface area contributed by atoms with Crippen LogP contribution < -0.4 is 15.2 Å². The highest BCUT2D eigenvalue weighted by atomic mass is 16.5. The number of benzene rings is 1. The molecular weight excluding hydrogens is 328 g/mol. The van der Waals surface area contributed by atoms with Crippen LogP contribution in [0.15, 0.2) is 29.1 Å². The first-order chi connectivity index (χ1) is 12.5. The first-order valence-electron chi connectivity index (χ1n) is 9.36. The number of hydrogen-bond donors (Lipinski definition) is 0. The van der Waals surface area contributed by atoms with Crippen molar-refractivity contribution >= 4 is 11.6 Å². The average Bonchev–Trinajstić information content (AvgIpc) is 2.65. The van der Waals surface area contributed by atoms with Gasteiger partial charge in [0, 0.05) is 23.5 Å². The number of anilines is 2. The molecule has 6 heteroatoms. The average molecular weight is 356 g/mol. The van der Waals surface area contributed by atoms with E-state index in [9.17, 15) is 4.79 Å². The van der Waals surface area contributed by atoms with Crippen molar-refractivity contribution in [3.63, 3.8) is 0 Å². The largest absolute Gasteiger partial charge is 0.494 e. The van der Waals surface area contributed by atoms with Crippen molar-refractivity contribution in [2.45, 2.75) is 47.2 Å². The molecular formula is C20H28N4O2. The minimum Gasteiger partial charge on any atom is -0.494 e. The fourth-order valence-corrected chi connectivity index (χ4v) is 3.19. The predicted molar refractivity (Wildman–Crippen MR) is 104 cm³/mol. The van der Waals surface area contributed by atoms with Gasteiger partial charge in [-0.3, -0.25) is 19.2 Å². The Bertz CT molecular complexity index is 814. The Labute approximate surface area is 155 Å². The Hall–Kier alpha value is -2.34. The highest BCUT2D eigenvalue weighted by Gasteiger charge is 2.26. The van der Waals surface area contributed by atoms with Crippen LogP contribution in [0.4, 0.5) is 11.6 Å². The zero-order chi connectivity index (χ0) is 18.7. The molecule has 1 aromatic carbocycles. The van der Waals surface area contributed by atoms with E-state index >= 15 is 0 Å². The Balaban J connectivity index is 2.02. The Morgan fingerprint density at radius 2 is 1.85 bits per heavy atom. The van der Waals surface area contributed by atoms with Crippen LogP contribution in [0.1, 0.15) is 37.9 Å². The third-order valence-corrected chi connectivity index (χ3v) is 4.83. The van der Waals surface area contributed by atoms with Gasteiger partial charge in [0.25, 0.3) is 5.56 Å². The Morgan fingerprint density at radius 3 is 2.50 bits per heavy atom. The van der Waals surface area contributed by atoms with Gasteiger partial charge in [-0.25, -0.2) is 4.98 Å². The van der Waals surface area contributed by atoms with E-state index < -0.39 is 0 Å². The second kappa shape index (κ2) is 7.91. The van der Waals surface area contributed by atoms with Crippen molar-refractivity contribution in [3.8, 4) is 5.75 Å². The summed E-state index contributed by atoms with van der Waals surface area (Å²) < 4.78 is 7.34. The summed E-state index contributed by atoms with van der Waals surface area (Å²) in [6.07, 6.45) is 2.24. The van der Waals surface area contributed by atoms with E-state index in [2.05, 4.69) is 16.7 Å². The number of ether oxygens (including phenoxy) is 1. The maximum atomic E-state index is 12.8. The van der Waals surface area contributed by atoms with Gasteiger partial charge in [-0.1, -0.05) is 13.3 Å². The van der Waals surface area contributed by atoms with E-state index in [0.29, 0.717) is 13.3 Å². The molecule has 0 amide bonds. The van der Waals surface area contributed by atoms with E-state index in [4.69, 9.17) is 9.72 Å². The fourth-order valence-electron chi connectivity index (χ4n) is 3.19. The van der Waals surface area contributed by atoms with Gasteiger partial charge >= 0.3 is 0 Å². The van der Waals surface area contributed by atoms with Crippen molar-refractivity contribution in [1.82, 2.24) is 14.5 Å². The first kappa shape index (κ1) is 18.5. The molecule has 6 nitrogen and oxygen atoms in total.